The molecule has 0 bridgehead atoms. The number of hydrogen-bond donors (Lipinski definition) is 1. The lowest BCUT2D eigenvalue weighted by Crippen LogP contribution is -2.22. The number of carbonyl (C=O) groups is 1. The molecule has 5 heteroatoms. The summed E-state index contributed by atoms with van der Waals surface area (Å²) in [7, 11) is 0. The smallest absolute Gasteiger partial charge is 0.360 e. The van der Waals surface area contributed by atoms with Gasteiger partial charge in [0.05, 0.1) is 6.61 Å². The summed E-state index contributed by atoms with van der Waals surface area (Å²) < 4.78 is 7.15. The Kier molecular flexibility index (Phi) is 5.26. The summed E-state index contributed by atoms with van der Waals surface area (Å²) in [6.07, 6.45) is 6.75. The van der Waals surface area contributed by atoms with Gasteiger partial charge in [-0.3, -0.25) is 0 Å². The minimum atomic E-state index is -0.411. The van der Waals surface area contributed by atoms with Crippen LogP contribution in [0.2, 0.25) is 0 Å². The number of ether oxygens (including phenoxy) is 1. The van der Waals surface area contributed by atoms with Crippen molar-refractivity contribution in [2.75, 3.05) is 12.3 Å². The molecular formula is C16H27N3O2. The Labute approximate surface area is 126 Å². The van der Waals surface area contributed by atoms with Crippen LogP contribution in [-0.2, 0) is 11.2 Å². The predicted octanol–water partition coefficient (Wildman–Crippen LogP) is 3.35. The van der Waals surface area contributed by atoms with E-state index in [1.807, 2.05) is 6.92 Å². The van der Waals surface area contributed by atoms with Gasteiger partial charge >= 0.3 is 5.97 Å². The number of aryl methyl sites for hydroxylation is 1. The first-order valence-corrected chi connectivity index (χ1v) is 8.15. The van der Waals surface area contributed by atoms with Crippen molar-refractivity contribution in [2.45, 2.75) is 65.3 Å². The standard InChI is InChI=1S/C16H27N3O2/c1-4-11-8-7-9-12(10-11)19-13(5-2)18-14(15(19)17)16(20)21-6-3/h11-12H,4-10,17H2,1-3H3. The molecule has 1 aromatic heterocycles. The number of aromatic nitrogens is 2. The number of hydrogen-bond acceptors (Lipinski definition) is 4. The summed E-state index contributed by atoms with van der Waals surface area (Å²) in [5.74, 6) is 1.72. The van der Waals surface area contributed by atoms with Crippen LogP contribution in [0.5, 0.6) is 0 Å². The lowest BCUT2D eigenvalue weighted by Gasteiger charge is -2.31. The highest BCUT2D eigenvalue weighted by atomic mass is 16.5. The molecule has 1 saturated carbocycles. The van der Waals surface area contributed by atoms with E-state index in [0.717, 1.165) is 31.0 Å². The van der Waals surface area contributed by atoms with Crippen molar-refractivity contribution in [1.29, 1.82) is 0 Å². The van der Waals surface area contributed by atoms with E-state index in [0.29, 0.717) is 18.5 Å². The molecule has 1 aromatic rings. The summed E-state index contributed by atoms with van der Waals surface area (Å²) >= 11 is 0. The second-order valence-electron chi connectivity index (χ2n) is 5.80. The molecular weight excluding hydrogens is 266 g/mol. The molecule has 118 valence electrons. The molecule has 2 unspecified atom stereocenters. The zero-order chi connectivity index (χ0) is 15.4. The van der Waals surface area contributed by atoms with Gasteiger partial charge in [-0.05, 0) is 25.7 Å². The van der Waals surface area contributed by atoms with E-state index in [1.165, 1.54) is 19.3 Å². The van der Waals surface area contributed by atoms with Crippen molar-refractivity contribution in [3.05, 3.63) is 11.5 Å². The van der Waals surface area contributed by atoms with Crippen LogP contribution in [0, 0.1) is 5.92 Å². The van der Waals surface area contributed by atoms with Gasteiger partial charge in [0.15, 0.2) is 5.69 Å². The van der Waals surface area contributed by atoms with Crippen molar-refractivity contribution >= 4 is 11.8 Å². The zero-order valence-corrected chi connectivity index (χ0v) is 13.4. The van der Waals surface area contributed by atoms with Crippen molar-refractivity contribution < 1.29 is 9.53 Å². The topological polar surface area (TPSA) is 70.1 Å². The van der Waals surface area contributed by atoms with Gasteiger partial charge in [0.2, 0.25) is 0 Å². The van der Waals surface area contributed by atoms with E-state index in [-0.39, 0.29) is 5.69 Å². The average molecular weight is 293 g/mol. The minimum Gasteiger partial charge on any atom is -0.461 e. The Hall–Kier alpha value is -1.52. The highest BCUT2D eigenvalue weighted by molar-refractivity contribution is 5.92. The molecule has 1 fully saturated rings. The molecule has 5 nitrogen and oxygen atoms in total. The van der Waals surface area contributed by atoms with Crippen LogP contribution in [0.25, 0.3) is 0 Å². The van der Waals surface area contributed by atoms with E-state index < -0.39 is 5.97 Å². The van der Waals surface area contributed by atoms with Crippen LogP contribution in [0.4, 0.5) is 5.82 Å². The van der Waals surface area contributed by atoms with Gasteiger partial charge in [-0.25, -0.2) is 9.78 Å². The molecule has 1 heterocycles. The Morgan fingerprint density at radius 1 is 1.38 bits per heavy atom. The molecule has 0 saturated heterocycles. The number of nitrogens with two attached hydrogens (primary N) is 1. The largest absolute Gasteiger partial charge is 0.461 e. The third kappa shape index (κ3) is 3.22. The first-order valence-electron chi connectivity index (χ1n) is 8.15. The average Bonchev–Trinajstić information content (AvgIpc) is 2.84. The zero-order valence-electron chi connectivity index (χ0n) is 13.4. The van der Waals surface area contributed by atoms with Gasteiger partial charge in [-0.2, -0.15) is 0 Å². The van der Waals surface area contributed by atoms with Crippen LogP contribution < -0.4 is 5.73 Å². The number of imidazole rings is 1. The van der Waals surface area contributed by atoms with Crippen molar-refractivity contribution in [3.8, 4) is 0 Å². The van der Waals surface area contributed by atoms with Crippen LogP contribution in [-0.4, -0.2) is 22.1 Å². The number of esters is 1. The first kappa shape index (κ1) is 15.9. The lowest BCUT2D eigenvalue weighted by atomic mass is 9.84. The molecule has 1 aliphatic rings. The number of rotatable bonds is 5. The molecule has 21 heavy (non-hydrogen) atoms. The number of anilines is 1. The number of nitrogens with zero attached hydrogens (tertiary/aromatic N) is 2. The number of nitrogen functional groups attached to an aromatic ring is 1. The second kappa shape index (κ2) is 6.96. The van der Waals surface area contributed by atoms with Crippen molar-refractivity contribution in [2.24, 2.45) is 5.92 Å². The fourth-order valence-corrected chi connectivity index (χ4v) is 3.37. The monoisotopic (exact) mass is 293 g/mol. The molecule has 2 atom stereocenters. The summed E-state index contributed by atoms with van der Waals surface area (Å²) in [5, 5.41) is 0. The van der Waals surface area contributed by atoms with E-state index in [4.69, 9.17) is 10.5 Å². The van der Waals surface area contributed by atoms with Gasteiger partial charge in [0.1, 0.15) is 11.6 Å². The minimum absolute atomic E-state index is 0.285. The maximum atomic E-state index is 12.0. The third-order valence-corrected chi connectivity index (χ3v) is 4.50. The van der Waals surface area contributed by atoms with E-state index in [9.17, 15) is 4.79 Å². The maximum Gasteiger partial charge on any atom is 0.360 e. The molecule has 0 aromatic carbocycles. The van der Waals surface area contributed by atoms with Gasteiger partial charge in [0.25, 0.3) is 0 Å². The highest BCUT2D eigenvalue weighted by Crippen LogP contribution is 2.37. The fourth-order valence-electron chi connectivity index (χ4n) is 3.37. The normalized spacial score (nSPS) is 22.2. The van der Waals surface area contributed by atoms with Crippen LogP contribution in [0.1, 0.15) is 75.2 Å². The highest BCUT2D eigenvalue weighted by Gasteiger charge is 2.28. The fraction of sp³-hybridized carbons (Fsp3) is 0.750. The third-order valence-electron chi connectivity index (χ3n) is 4.50. The predicted molar refractivity (Wildman–Crippen MR) is 83.3 cm³/mol. The van der Waals surface area contributed by atoms with Gasteiger partial charge in [0, 0.05) is 12.5 Å². The Bertz CT molecular complexity index is 496. The molecule has 0 amide bonds. The van der Waals surface area contributed by atoms with E-state index in [1.54, 1.807) is 6.92 Å². The Morgan fingerprint density at radius 3 is 2.76 bits per heavy atom. The molecule has 1 aliphatic carbocycles. The quantitative estimate of drug-likeness (QED) is 0.845. The van der Waals surface area contributed by atoms with Gasteiger partial charge < -0.3 is 15.0 Å². The van der Waals surface area contributed by atoms with Crippen molar-refractivity contribution in [1.82, 2.24) is 9.55 Å². The Balaban J connectivity index is 2.31. The van der Waals surface area contributed by atoms with E-state index >= 15 is 0 Å². The second-order valence-corrected chi connectivity index (χ2v) is 5.80. The van der Waals surface area contributed by atoms with Crippen LogP contribution in [0.3, 0.4) is 0 Å². The van der Waals surface area contributed by atoms with Crippen molar-refractivity contribution in [3.63, 3.8) is 0 Å². The molecule has 2 N–H and O–H groups in total. The summed E-state index contributed by atoms with van der Waals surface area (Å²) in [6.45, 7) is 6.43. The summed E-state index contributed by atoms with van der Waals surface area (Å²) in [5.41, 5.74) is 6.51. The van der Waals surface area contributed by atoms with Crippen LogP contribution >= 0.6 is 0 Å². The number of carbonyl (C=O) groups excluding carboxylic acids is 1. The first-order chi connectivity index (χ1) is 10.1. The summed E-state index contributed by atoms with van der Waals surface area (Å²) in [6, 6.07) is 0.370. The van der Waals surface area contributed by atoms with Crippen LogP contribution in [0.15, 0.2) is 0 Å². The summed E-state index contributed by atoms with van der Waals surface area (Å²) in [4.78, 5) is 16.4. The SMILES string of the molecule is CCOC(=O)c1nc(CC)n(C2CCCC(CC)C2)c1N. The maximum absolute atomic E-state index is 12.0. The molecule has 0 radical (unpaired) electrons. The molecule has 0 aliphatic heterocycles. The molecule has 2 rings (SSSR count). The van der Waals surface area contributed by atoms with E-state index in [2.05, 4.69) is 16.5 Å². The Morgan fingerprint density at radius 2 is 2.14 bits per heavy atom. The van der Waals surface area contributed by atoms with Gasteiger partial charge in [-0.1, -0.05) is 33.1 Å². The van der Waals surface area contributed by atoms with Gasteiger partial charge in [-0.15, -0.1) is 0 Å². The lowest BCUT2D eigenvalue weighted by molar-refractivity contribution is 0.0521. The molecule has 0 spiro atoms.